The second-order valence-corrected chi connectivity index (χ2v) is 2.99. The van der Waals surface area contributed by atoms with Crippen LogP contribution in [-0.4, -0.2) is 18.0 Å². The molecule has 0 heterocycles. The Labute approximate surface area is 78.5 Å². The molecular formula is C11H25N. The van der Waals surface area contributed by atoms with Crippen LogP contribution in [0.25, 0.3) is 0 Å². The average molecular weight is 171 g/mol. The molecule has 0 rings (SSSR count). The molecule has 0 aliphatic rings. The molecule has 0 unspecified atom stereocenters. The van der Waals surface area contributed by atoms with E-state index in [4.69, 9.17) is 0 Å². The number of rotatable bonds is 5. The molecule has 0 amide bonds. The van der Waals surface area contributed by atoms with Crippen LogP contribution in [0.4, 0.5) is 0 Å². The first-order valence-electron chi connectivity index (χ1n) is 5.07. The molecule has 0 aliphatic heterocycles. The van der Waals surface area contributed by atoms with Crippen LogP contribution in [0.3, 0.4) is 0 Å². The zero-order chi connectivity index (χ0) is 9.98. The van der Waals surface area contributed by atoms with E-state index in [1.165, 1.54) is 6.42 Å². The van der Waals surface area contributed by atoms with Crippen LogP contribution in [0.15, 0.2) is 12.8 Å². The molecule has 0 aromatic heterocycles. The Hall–Kier alpha value is -0.460. The Morgan fingerprint density at radius 2 is 1.83 bits per heavy atom. The molecule has 12 heavy (non-hydrogen) atoms. The van der Waals surface area contributed by atoms with Crippen LogP contribution in [0.1, 0.15) is 41.0 Å². The summed E-state index contributed by atoms with van der Waals surface area (Å²) in [5, 5.41) is 0. The maximum atomic E-state index is 3.74. The molecule has 1 nitrogen and oxygen atoms in total. The lowest BCUT2D eigenvalue weighted by atomic mass is 10.1. The van der Waals surface area contributed by atoms with Gasteiger partial charge in [-0.15, -0.1) is 0 Å². The van der Waals surface area contributed by atoms with Crippen LogP contribution >= 0.6 is 0 Å². The summed E-state index contributed by atoms with van der Waals surface area (Å²) >= 11 is 0. The van der Waals surface area contributed by atoms with E-state index < -0.39 is 0 Å². The van der Waals surface area contributed by atoms with Crippen molar-refractivity contribution in [1.82, 2.24) is 4.90 Å². The molecule has 0 aromatic carbocycles. The molecule has 0 bridgehead atoms. The third kappa shape index (κ3) is 9.54. The summed E-state index contributed by atoms with van der Waals surface area (Å²) < 4.78 is 0. The van der Waals surface area contributed by atoms with Gasteiger partial charge in [-0.05, 0) is 25.5 Å². The van der Waals surface area contributed by atoms with Crippen molar-refractivity contribution in [1.29, 1.82) is 0 Å². The lowest BCUT2D eigenvalue weighted by molar-refractivity contribution is 0.362. The van der Waals surface area contributed by atoms with Gasteiger partial charge in [0, 0.05) is 13.1 Å². The fourth-order valence-corrected chi connectivity index (χ4v) is 0.803. The first-order chi connectivity index (χ1) is 5.70. The summed E-state index contributed by atoms with van der Waals surface area (Å²) in [5.74, 6) is 0.800. The van der Waals surface area contributed by atoms with Gasteiger partial charge in [0.15, 0.2) is 0 Å². The van der Waals surface area contributed by atoms with Crippen LogP contribution in [0.2, 0.25) is 0 Å². The highest BCUT2D eigenvalue weighted by Gasteiger charge is 1.96. The fourth-order valence-electron chi connectivity index (χ4n) is 0.803. The minimum atomic E-state index is 0.800. The van der Waals surface area contributed by atoms with Crippen molar-refractivity contribution in [2.45, 2.75) is 41.0 Å². The first-order valence-corrected chi connectivity index (χ1v) is 5.07. The fraction of sp³-hybridized carbons (Fsp3) is 0.818. The van der Waals surface area contributed by atoms with Crippen molar-refractivity contribution in [2.24, 2.45) is 5.92 Å². The second kappa shape index (κ2) is 10.5. The minimum Gasteiger partial charge on any atom is -0.378 e. The summed E-state index contributed by atoms with van der Waals surface area (Å²) in [4.78, 5) is 2.24. The summed E-state index contributed by atoms with van der Waals surface area (Å²) in [6.45, 7) is 16.6. The van der Waals surface area contributed by atoms with E-state index in [9.17, 15) is 0 Å². The number of nitrogens with zero attached hydrogens (tertiary/aromatic N) is 1. The summed E-state index contributed by atoms with van der Waals surface area (Å²) in [6, 6.07) is 0. The van der Waals surface area contributed by atoms with Crippen LogP contribution in [-0.2, 0) is 0 Å². The van der Waals surface area contributed by atoms with Gasteiger partial charge in [0.1, 0.15) is 0 Å². The van der Waals surface area contributed by atoms with Crippen molar-refractivity contribution in [3.8, 4) is 0 Å². The SMILES string of the molecule is C=CN(CC)CCC(C)C.CC. The molecule has 0 fully saturated rings. The quantitative estimate of drug-likeness (QED) is 0.611. The summed E-state index contributed by atoms with van der Waals surface area (Å²) in [6.07, 6.45) is 3.18. The van der Waals surface area contributed by atoms with E-state index in [0.717, 1.165) is 19.0 Å². The molecule has 0 saturated carbocycles. The monoisotopic (exact) mass is 171 g/mol. The molecule has 0 radical (unpaired) electrons. The maximum absolute atomic E-state index is 3.74. The molecule has 0 saturated heterocycles. The Balaban J connectivity index is 0. The maximum Gasteiger partial charge on any atom is 0.0174 e. The molecule has 74 valence electrons. The highest BCUT2D eigenvalue weighted by Crippen LogP contribution is 2.01. The van der Waals surface area contributed by atoms with Gasteiger partial charge in [-0.1, -0.05) is 34.3 Å². The number of hydrogen-bond donors (Lipinski definition) is 0. The zero-order valence-electron chi connectivity index (χ0n) is 9.43. The molecule has 0 aliphatic carbocycles. The summed E-state index contributed by atoms with van der Waals surface area (Å²) in [7, 11) is 0. The third-order valence-corrected chi connectivity index (χ3v) is 1.66. The van der Waals surface area contributed by atoms with Gasteiger partial charge in [-0.3, -0.25) is 0 Å². The predicted molar refractivity (Wildman–Crippen MR) is 58.2 cm³/mol. The molecular weight excluding hydrogens is 146 g/mol. The third-order valence-electron chi connectivity index (χ3n) is 1.66. The number of hydrogen-bond acceptors (Lipinski definition) is 1. The Kier molecular flexibility index (Phi) is 12.4. The Morgan fingerprint density at radius 1 is 1.33 bits per heavy atom. The van der Waals surface area contributed by atoms with E-state index in [1.807, 2.05) is 20.0 Å². The Morgan fingerprint density at radius 3 is 2.08 bits per heavy atom. The predicted octanol–water partition coefficient (Wildman–Crippen LogP) is 3.52. The smallest absolute Gasteiger partial charge is 0.0174 e. The van der Waals surface area contributed by atoms with E-state index >= 15 is 0 Å². The van der Waals surface area contributed by atoms with Crippen molar-refractivity contribution >= 4 is 0 Å². The average Bonchev–Trinajstić information content (AvgIpc) is 2.09. The van der Waals surface area contributed by atoms with Gasteiger partial charge >= 0.3 is 0 Å². The molecule has 0 atom stereocenters. The first kappa shape index (κ1) is 14.1. The molecule has 0 spiro atoms. The minimum absolute atomic E-state index is 0.800. The zero-order valence-corrected chi connectivity index (χ0v) is 9.43. The van der Waals surface area contributed by atoms with Crippen LogP contribution in [0.5, 0.6) is 0 Å². The lowest BCUT2D eigenvalue weighted by Crippen LogP contribution is -2.18. The van der Waals surface area contributed by atoms with Crippen LogP contribution in [0, 0.1) is 5.92 Å². The largest absolute Gasteiger partial charge is 0.378 e. The summed E-state index contributed by atoms with van der Waals surface area (Å²) in [5.41, 5.74) is 0. The van der Waals surface area contributed by atoms with E-state index in [1.54, 1.807) is 0 Å². The van der Waals surface area contributed by atoms with Gasteiger partial charge in [-0.2, -0.15) is 0 Å². The van der Waals surface area contributed by atoms with E-state index in [2.05, 4.69) is 32.3 Å². The van der Waals surface area contributed by atoms with Crippen molar-refractivity contribution < 1.29 is 0 Å². The Bertz CT molecular complexity index is 87.0. The van der Waals surface area contributed by atoms with E-state index in [0.29, 0.717) is 0 Å². The molecule has 0 N–H and O–H groups in total. The van der Waals surface area contributed by atoms with Gasteiger partial charge in [-0.25, -0.2) is 0 Å². The van der Waals surface area contributed by atoms with Gasteiger partial charge < -0.3 is 4.90 Å². The second-order valence-electron chi connectivity index (χ2n) is 2.99. The van der Waals surface area contributed by atoms with Gasteiger partial charge in [0.05, 0.1) is 0 Å². The standard InChI is InChI=1S/C9H19N.C2H6/c1-5-10(6-2)8-7-9(3)4;1-2/h5,9H,1,6-8H2,2-4H3;1-2H3. The molecule has 0 aromatic rings. The normalized spacial score (nSPS) is 8.83. The van der Waals surface area contributed by atoms with Crippen molar-refractivity contribution in [3.63, 3.8) is 0 Å². The van der Waals surface area contributed by atoms with Crippen LogP contribution < -0.4 is 0 Å². The lowest BCUT2D eigenvalue weighted by Gasteiger charge is -2.18. The van der Waals surface area contributed by atoms with Gasteiger partial charge in [0.25, 0.3) is 0 Å². The highest BCUT2D eigenvalue weighted by atomic mass is 15.1. The van der Waals surface area contributed by atoms with Crippen molar-refractivity contribution in [3.05, 3.63) is 12.8 Å². The van der Waals surface area contributed by atoms with Crippen molar-refractivity contribution in [2.75, 3.05) is 13.1 Å². The highest BCUT2D eigenvalue weighted by molar-refractivity contribution is 4.69. The van der Waals surface area contributed by atoms with Gasteiger partial charge in [0.2, 0.25) is 0 Å². The molecule has 1 heteroatoms. The van der Waals surface area contributed by atoms with E-state index in [-0.39, 0.29) is 0 Å². The topological polar surface area (TPSA) is 3.24 Å².